The van der Waals surface area contributed by atoms with E-state index in [1.54, 1.807) is 0 Å². The molecule has 11 nitrogen and oxygen atoms in total. The maximum absolute atomic E-state index is 15.6. The number of nitrogens with one attached hydrogen (secondary N) is 3. The van der Waals surface area contributed by atoms with Crippen molar-refractivity contribution in [2.75, 3.05) is 72.5 Å². The molecule has 4 heterocycles. The van der Waals surface area contributed by atoms with Crippen molar-refractivity contribution in [3.05, 3.63) is 0 Å². The Morgan fingerprint density at radius 1 is 0.976 bits per heavy atom. The lowest BCUT2D eigenvalue weighted by Gasteiger charge is -2.49. The Kier molecular flexibility index (Phi) is 10.4. The average molecular weight is 598 g/mol. The molecule has 0 aromatic heterocycles. The first-order valence-electron chi connectivity index (χ1n) is 16.1. The van der Waals surface area contributed by atoms with Gasteiger partial charge in [-0.2, -0.15) is 0 Å². The Morgan fingerprint density at radius 3 is 2.29 bits per heavy atom. The number of nitrogens with zero attached hydrogens (tertiary/aromatic N) is 4. The molecule has 5 aliphatic rings. The zero-order chi connectivity index (χ0) is 30.0. The summed E-state index contributed by atoms with van der Waals surface area (Å²) < 4.78 is 30.1. The standard InChI is InChI=1S/C29H53F2N9O2/c1-29(28(42)39-13-11-37(2)12-14-39)7-9-38(10-8-29)24-21(31)16-34-17-22(24)36-27(41)23(25(32)33)26-35-15-19(30)18-40(26)20-5-3-4-6-20/h19-26,34-35H,3-18,32-33H2,1-2H3,(H,36,41). The second-order valence-electron chi connectivity index (χ2n) is 13.7. The molecule has 4 saturated heterocycles. The molecule has 0 aromatic rings. The van der Waals surface area contributed by atoms with Crippen LogP contribution in [0, 0.1) is 11.3 Å². The second kappa shape index (κ2) is 13.7. The summed E-state index contributed by atoms with van der Waals surface area (Å²) >= 11 is 0. The molecular formula is C29H53F2N9O2. The van der Waals surface area contributed by atoms with Crippen molar-refractivity contribution in [3.8, 4) is 0 Å². The van der Waals surface area contributed by atoms with Crippen molar-refractivity contribution in [1.82, 2.24) is 35.6 Å². The monoisotopic (exact) mass is 597 g/mol. The van der Waals surface area contributed by atoms with Gasteiger partial charge in [0.15, 0.2) is 0 Å². The molecule has 1 aliphatic carbocycles. The Labute approximate surface area is 249 Å². The van der Waals surface area contributed by atoms with E-state index in [4.69, 9.17) is 11.5 Å². The fourth-order valence-corrected chi connectivity index (χ4v) is 7.94. The Hall–Kier alpha value is -1.48. The van der Waals surface area contributed by atoms with Crippen LogP contribution in [0.5, 0.6) is 0 Å². The van der Waals surface area contributed by atoms with Crippen molar-refractivity contribution in [2.24, 2.45) is 22.8 Å². The summed E-state index contributed by atoms with van der Waals surface area (Å²) in [6.07, 6.45) is 1.75. The van der Waals surface area contributed by atoms with E-state index in [1.165, 1.54) is 0 Å². The van der Waals surface area contributed by atoms with E-state index < -0.39 is 48.1 Å². The van der Waals surface area contributed by atoms with E-state index in [0.29, 0.717) is 32.5 Å². The maximum atomic E-state index is 15.6. The molecule has 4 aliphatic heterocycles. The maximum Gasteiger partial charge on any atom is 0.229 e. The van der Waals surface area contributed by atoms with E-state index in [0.717, 1.165) is 51.9 Å². The number of hydrogen-bond donors (Lipinski definition) is 5. The topological polar surface area (TPSA) is 135 Å². The fraction of sp³-hybridized carbons (Fsp3) is 0.931. The minimum absolute atomic E-state index is 0.143. The van der Waals surface area contributed by atoms with Gasteiger partial charge in [-0.1, -0.05) is 19.8 Å². The van der Waals surface area contributed by atoms with Gasteiger partial charge < -0.3 is 31.9 Å². The zero-order valence-electron chi connectivity index (χ0n) is 25.4. The van der Waals surface area contributed by atoms with E-state index >= 15 is 4.39 Å². The number of rotatable bonds is 7. The number of likely N-dealkylation sites (tertiary alicyclic amines) is 1. The van der Waals surface area contributed by atoms with Crippen molar-refractivity contribution < 1.29 is 18.4 Å². The Balaban J connectivity index is 1.24. The van der Waals surface area contributed by atoms with E-state index in [2.05, 4.69) is 37.7 Å². The summed E-state index contributed by atoms with van der Waals surface area (Å²) in [7, 11) is 2.07. The highest BCUT2D eigenvalue weighted by Gasteiger charge is 2.47. The summed E-state index contributed by atoms with van der Waals surface area (Å²) in [5.41, 5.74) is 12.0. The number of piperazine rings is 1. The second-order valence-corrected chi connectivity index (χ2v) is 13.7. The van der Waals surface area contributed by atoms with Crippen LogP contribution in [-0.4, -0.2) is 147 Å². The molecule has 0 spiro atoms. The first-order chi connectivity index (χ1) is 20.1. The van der Waals surface area contributed by atoms with Crippen molar-refractivity contribution in [1.29, 1.82) is 0 Å². The molecule has 0 bridgehead atoms. The number of piperidine rings is 2. The van der Waals surface area contributed by atoms with Crippen molar-refractivity contribution >= 4 is 11.8 Å². The van der Waals surface area contributed by atoms with Crippen molar-refractivity contribution in [2.45, 2.75) is 88.2 Å². The van der Waals surface area contributed by atoms with E-state index in [-0.39, 0.29) is 37.5 Å². The molecule has 7 N–H and O–H groups in total. The molecule has 13 heteroatoms. The largest absolute Gasteiger partial charge is 0.350 e. The predicted molar refractivity (Wildman–Crippen MR) is 158 cm³/mol. The number of carbonyl (C=O) groups is 2. The van der Waals surface area contributed by atoms with Crippen LogP contribution in [0.2, 0.25) is 0 Å². The van der Waals surface area contributed by atoms with Crippen LogP contribution in [-0.2, 0) is 9.59 Å². The summed E-state index contributed by atoms with van der Waals surface area (Å²) in [6.45, 7) is 7.49. The molecular weight excluding hydrogens is 544 g/mol. The molecule has 5 rings (SSSR count). The van der Waals surface area contributed by atoms with Crippen LogP contribution in [0.25, 0.3) is 0 Å². The highest BCUT2D eigenvalue weighted by atomic mass is 19.1. The molecule has 1 saturated carbocycles. The third-order valence-corrected chi connectivity index (χ3v) is 10.6. The molecule has 6 unspecified atom stereocenters. The minimum Gasteiger partial charge on any atom is -0.350 e. The van der Waals surface area contributed by atoms with Gasteiger partial charge in [-0.05, 0) is 45.8 Å². The van der Waals surface area contributed by atoms with Gasteiger partial charge in [-0.15, -0.1) is 0 Å². The van der Waals surface area contributed by atoms with Gasteiger partial charge in [0.2, 0.25) is 11.8 Å². The molecule has 6 atom stereocenters. The number of alkyl halides is 2. The minimum atomic E-state index is -1.18. The van der Waals surface area contributed by atoms with Gasteiger partial charge in [-0.3, -0.25) is 24.7 Å². The quantitative estimate of drug-likeness (QED) is 0.235. The lowest BCUT2D eigenvalue weighted by atomic mass is 9.77. The molecule has 2 amide bonds. The van der Waals surface area contributed by atoms with Gasteiger partial charge >= 0.3 is 0 Å². The summed E-state index contributed by atoms with van der Waals surface area (Å²) in [6, 6.07) is -0.822. The number of carbonyl (C=O) groups excluding carboxylic acids is 2. The lowest BCUT2D eigenvalue weighted by Crippen LogP contribution is -2.71. The van der Waals surface area contributed by atoms with E-state index in [9.17, 15) is 14.0 Å². The smallest absolute Gasteiger partial charge is 0.229 e. The highest BCUT2D eigenvalue weighted by molar-refractivity contribution is 5.82. The fourth-order valence-electron chi connectivity index (χ4n) is 7.94. The van der Waals surface area contributed by atoms with Gasteiger partial charge in [0.1, 0.15) is 12.3 Å². The predicted octanol–water partition coefficient (Wildman–Crippen LogP) is -0.971. The van der Waals surface area contributed by atoms with Gasteiger partial charge in [0.05, 0.1) is 30.3 Å². The van der Waals surface area contributed by atoms with Gasteiger partial charge in [0, 0.05) is 63.8 Å². The molecule has 0 aromatic carbocycles. The lowest BCUT2D eigenvalue weighted by molar-refractivity contribution is -0.146. The van der Waals surface area contributed by atoms with Crippen molar-refractivity contribution in [3.63, 3.8) is 0 Å². The van der Waals surface area contributed by atoms with Crippen LogP contribution >= 0.6 is 0 Å². The van der Waals surface area contributed by atoms with Crippen LogP contribution in [0.3, 0.4) is 0 Å². The SMILES string of the molecule is CN1CCN(C(=O)C2(C)CCN(C3C(F)CNCC3NC(=O)C(C(N)N)C3NCC(F)CN3C3CCCC3)CC2)CC1. The number of halogens is 2. The van der Waals surface area contributed by atoms with E-state index in [1.807, 2.05) is 11.8 Å². The summed E-state index contributed by atoms with van der Waals surface area (Å²) in [4.78, 5) is 35.7. The van der Waals surface area contributed by atoms with Crippen LogP contribution in [0.15, 0.2) is 0 Å². The average Bonchev–Trinajstić information content (AvgIpc) is 3.50. The number of nitrogens with two attached hydrogens (primary N) is 2. The summed E-state index contributed by atoms with van der Waals surface area (Å²) in [5.74, 6) is -0.949. The Bertz CT molecular complexity index is 923. The van der Waals surface area contributed by atoms with Gasteiger partial charge in [-0.25, -0.2) is 8.78 Å². The molecule has 5 fully saturated rings. The molecule has 42 heavy (non-hydrogen) atoms. The third-order valence-electron chi connectivity index (χ3n) is 10.6. The highest BCUT2D eigenvalue weighted by Crippen LogP contribution is 2.36. The normalized spacial score (nSPS) is 34.9. The third kappa shape index (κ3) is 6.92. The zero-order valence-corrected chi connectivity index (χ0v) is 25.4. The summed E-state index contributed by atoms with van der Waals surface area (Å²) in [5, 5.41) is 9.46. The van der Waals surface area contributed by atoms with Gasteiger partial charge in [0.25, 0.3) is 0 Å². The number of likely N-dealkylation sites (N-methyl/N-ethyl adjacent to an activating group) is 1. The molecule has 240 valence electrons. The molecule has 0 radical (unpaired) electrons. The van der Waals surface area contributed by atoms with Crippen LogP contribution < -0.4 is 27.4 Å². The first-order valence-corrected chi connectivity index (χ1v) is 16.1. The number of amides is 2. The van der Waals surface area contributed by atoms with Crippen LogP contribution in [0.1, 0.15) is 45.4 Å². The first kappa shape index (κ1) is 31.9. The van der Waals surface area contributed by atoms with Crippen LogP contribution in [0.4, 0.5) is 8.78 Å². The number of hydrogen-bond acceptors (Lipinski definition) is 9. The Morgan fingerprint density at radius 2 is 1.64 bits per heavy atom.